The van der Waals surface area contributed by atoms with Crippen LogP contribution < -0.4 is 9.47 Å². The van der Waals surface area contributed by atoms with Crippen LogP contribution in [0.5, 0.6) is 11.5 Å². The molecule has 166 valence electrons. The zero-order chi connectivity index (χ0) is 22.4. The zero-order valence-electron chi connectivity index (χ0n) is 18.4. The molecule has 0 spiro atoms. The summed E-state index contributed by atoms with van der Waals surface area (Å²) in [5, 5.41) is 2.06. The van der Waals surface area contributed by atoms with Crippen molar-refractivity contribution in [3.63, 3.8) is 0 Å². The average Bonchev–Trinajstić information content (AvgIpc) is 3.25. The van der Waals surface area contributed by atoms with Gasteiger partial charge in [-0.2, -0.15) is 0 Å². The minimum Gasteiger partial charge on any atom is -0.497 e. The minimum absolute atomic E-state index is 0.0398. The fourth-order valence-electron chi connectivity index (χ4n) is 3.75. The molecular formula is C24H30N2O4S. The SMILES string of the molecule is C=CCN(CC(=O)N1CCc2sccc2[C@@H]1COc1cccc(OC)c1)C(=O)C(C)C. The lowest BCUT2D eigenvalue weighted by Gasteiger charge is -2.37. The highest BCUT2D eigenvalue weighted by molar-refractivity contribution is 7.10. The summed E-state index contributed by atoms with van der Waals surface area (Å²) in [6.45, 7) is 8.74. The lowest BCUT2D eigenvalue weighted by atomic mass is 10.0. The first-order chi connectivity index (χ1) is 14.9. The normalized spacial score (nSPS) is 15.4. The van der Waals surface area contributed by atoms with Crippen LogP contribution in [0.1, 0.15) is 30.3 Å². The van der Waals surface area contributed by atoms with E-state index in [1.54, 1.807) is 29.4 Å². The Morgan fingerprint density at radius 2 is 2.10 bits per heavy atom. The Balaban J connectivity index is 1.78. The summed E-state index contributed by atoms with van der Waals surface area (Å²) in [5.41, 5.74) is 1.12. The molecule has 1 atom stereocenters. The van der Waals surface area contributed by atoms with Gasteiger partial charge in [0, 0.05) is 30.0 Å². The van der Waals surface area contributed by atoms with Crippen molar-refractivity contribution in [1.29, 1.82) is 0 Å². The number of benzene rings is 1. The molecule has 2 amide bonds. The van der Waals surface area contributed by atoms with Crippen molar-refractivity contribution >= 4 is 23.2 Å². The molecule has 0 saturated heterocycles. The first-order valence-electron chi connectivity index (χ1n) is 10.5. The molecule has 7 heteroatoms. The monoisotopic (exact) mass is 442 g/mol. The zero-order valence-corrected chi connectivity index (χ0v) is 19.2. The van der Waals surface area contributed by atoms with E-state index in [1.807, 2.05) is 43.0 Å². The van der Waals surface area contributed by atoms with E-state index in [0.717, 1.165) is 17.7 Å². The quantitative estimate of drug-likeness (QED) is 0.552. The Kier molecular flexibility index (Phi) is 7.74. The highest BCUT2D eigenvalue weighted by Crippen LogP contribution is 2.34. The molecule has 1 aliphatic heterocycles. The van der Waals surface area contributed by atoms with Gasteiger partial charge in [0.25, 0.3) is 0 Å². The highest BCUT2D eigenvalue weighted by atomic mass is 32.1. The van der Waals surface area contributed by atoms with Crippen molar-refractivity contribution in [2.75, 3.05) is 33.4 Å². The Morgan fingerprint density at radius 3 is 2.81 bits per heavy atom. The highest BCUT2D eigenvalue weighted by Gasteiger charge is 2.33. The third-order valence-corrected chi connectivity index (χ3v) is 6.34. The predicted octanol–water partition coefficient (Wildman–Crippen LogP) is 3.93. The molecule has 0 N–H and O–H groups in total. The predicted molar refractivity (Wildman–Crippen MR) is 123 cm³/mol. The Hall–Kier alpha value is -2.80. The maximum atomic E-state index is 13.3. The molecule has 0 unspecified atom stereocenters. The van der Waals surface area contributed by atoms with Crippen LogP contribution in [-0.4, -0.2) is 55.0 Å². The van der Waals surface area contributed by atoms with Gasteiger partial charge in [-0.05, 0) is 35.6 Å². The Morgan fingerprint density at radius 1 is 1.32 bits per heavy atom. The number of ether oxygens (including phenoxy) is 2. The van der Waals surface area contributed by atoms with E-state index in [-0.39, 0.29) is 30.3 Å². The summed E-state index contributed by atoms with van der Waals surface area (Å²) in [6, 6.07) is 9.31. The van der Waals surface area contributed by atoms with Gasteiger partial charge in [0.15, 0.2) is 0 Å². The molecule has 1 aromatic heterocycles. The first kappa shape index (κ1) is 22.9. The molecule has 1 aliphatic rings. The summed E-state index contributed by atoms with van der Waals surface area (Å²) in [7, 11) is 1.62. The summed E-state index contributed by atoms with van der Waals surface area (Å²) in [4.78, 5) is 30.5. The molecule has 0 aliphatic carbocycles. The molecule has 0 fully saturated rings. The topological polar surface area (TPSA) is 59.1 Å². The summed E-state index contributed by atoms with van der Waals surface area (Å²) in [6.07, 6.45) is 2.47. The van der Waals surface area contributed by atoms with Crippen molar-refractivity contribution in [2.24, 2.45) is 5.92 Å². The number of methoxy groups -OCH3 is 1. The summed E-state index contributed by atoms with van der Waals surface area (Å²) >= 11 is 1.71. The second kappa shape index (κ2) is 10.5. The molecule has 2 aromatic rings. The summed E-state index contributed by atoms with van der Waals surface area (Å²) < 4.78 is 11.3. The number of nitrogens with zero attached hydrogens (tertiary/aromatic N) is 2. The van der Waals surface area contributed by atoms with E-state index in [1.165, 1.54) is 4.88 Å². The Bertz CT molecular complexity index is 924. The third-order valence-electron chi connectivity index (χ3n) is 5.35. The second-order valence-electron chi connectivity index (χ2n) is 7.80. The minimum atomic E-state index is -0.201. The van der Waals surface area contributed by atoms with Crippen molar-refractivity contribution in [1.82, 2.24) is 9.80 Å². The maximum absolute atomic E-state index is 13.3. The van der Waals surface area contributed by atoms with E-state index < -0.39 is 0 Å². The molecule has 0 bridgehead atoms. The molecule has 2 heterocycles. The smallest absolute Gasteiger partial charge is 0.242 e. The fraction of sp³-hybridized carbons (Fsp3) is 0.417. The van der Waals surface area contributed by atoms with Crippen LogP contribution in [0.4, 0.5) is 0 Å². The fourth-order valence-corrected chi connectivity index (χ4v) is 4.68. The Labute approximate surface area is 188 Å². The van der Waals surface area contributed by atoms with Gasteiger partial charge in [-0.1, -0.05) is 26.0 Å². The van der Waals surface area contributed by atoms with E-state index in [0.29, 0.717) is 25.4 Å². The molecule has 6 nitrogen and oxygen atoms in total. The van der Waals surface area contributed by atoms with Crippen molar-refractivity contribution in [3.8, 4) is 11.5 Å². The van der Waals surface area contributed by atoms with Gasteiger partial charge < -0.3 is 19.3 Å². The lowest BCUT2D eigenvalue weighted by Crippen LogP contribution is -2.48. The second-order valence-corrected chi connectivity index (χ2v) is 8.80. The number of rotatable bonds is 9. The van der Waals surface area contributed by atoms with Crippen LogP contribution in [0.15, 0.2) is 48.4 Å². The van der Waals surface area contributed by atoms with E-state index >= 15 is 0 Å². The van der Waals surface area contributed by atoms with Gasteiger partial charge in [0.1, 0.15) is 24.7 Å². The number of thiophene rings is 1. The number of carbonyl (C=O) groups is 2. The van der Waals surface area contributed by atoms with E-state index in [9.17, 15) is 9.59 Å². The standard InChI is InChI=1S/C24H30N2O4S/c1-5-11-25(24(28)17(2)3)15-23(27)26-12-9-22-20(10-13-31-22)21(26)16-30-19-8-6-7-18(14-19)29-4/h5-8,10,13-14,17,21H,1,9,11-12,15-16H2,2-4H3/t21-/m0/s1. The molecule has 31 heavy (non-hydrogen) atoms. The lowest BCUT2D eigenvalue weighted by molar-refractivity contribution is -0.143. The van der Waals surface area contributed by atoms with E-state index in [4.69, 9.17) is 9.47 Å². The van der Waals surface area contributed by atoms with Crippen LogP contribution in [0.3, 0.4) is 0 Å². The van der Waals surface area contributed by atoms with Gasteiger partial charge in [-0.25, -0.2) is 0 Å². The molecular weight excluding hydrogens is 412 g/mol. The van der Waals surface area contributed by atoms with Gasteiger partial charge in [-0.15, -0.1) is 17.9 Å². The van der Waals surface area contributed by atoms with Crippen LogP contribution in [0.2, 0.25) is 0 Å². The number of hydrogen-bond acceptors (Lipinski definition) is 5. The van der Waals surface area contributed by atoms with Gasteiger partial charge >= 0.3 is 0 Å². The van der Waals surface area contributed by atoms with Gasteiger partial charge in [0.2, 0.25) is 11.8 Å². The largest absolute Gasteiger partial charge is 0.497 e. The van der Waals surface area contributed by atoms with Gasteiger partial charge in [0.05, 0.1) is 13.2 Å². The molecule has 0 radical (unpaired) electrons. The van der Waals surface area contributed by atoms with Crippen molar-refractivity contribution in [3.05, 3.63) is 58.8 Å². The number of amides is 2. The number of carbonyl (C=O) groups excluding carboxylic acids is 2. The van der Waals surface area contributed by atoms with Crippen LogP contribution in [-0.2, 0) is 16.0 Å². The van der Waals surface area contributed by atoms with Crippen LogP contribution >= 0.6 is 11.3 Å². The first-order valence-corrected chi connectivity index (χ1v) is 11.3. The number of hydrogen-bond donors (Lipinski definition) is 0. The maximum Gasteiger partial charge on any atom is 0.242 e. The van der Waals surface area contributed by atoms with Crippen molar-refractivity contribution in [2.45, 2.75) is 26.3 Å². The van der Waals surface area contributed by atoms with E-state index in [2.05, 4.69) is 18.0 Å². The van der Waals surface area contributed by atoms with Crippen LogP contribution in [0.25, 0.3) is 0 Å². The molecule has 1 aromatic carbocycles. The summed E-state index contributed by atoms with van der Waals surface area (Å²) in [5.74, 6) is 1.11. The number of fused-ring (bicyclic) bond motifs is 1. The molecule has 0 saturated carbocycles. The van der Waals surface area contributed by atoms with Crippen molar-refractivity contribution < 1.29 is 19.1 Å². The van der Waals surface area contributed by atoms with Gasteiger partial charge in [-0.3, -0.25) is 9.59 Å². The van der Waals surface area contributed by atoms with Crippen LogP contribution in [0, 0.1) is 5.92 Å². The average molecular weight is 443 g/mol. The molecule has 3 rings (SSSR count). The third kappa shape index (κ3) is 5.47.